The van der Waals surface area contributed by atoms with Crippen molar-refractivity contribution in [2.24, 2.45) is 5.41 Å². The molecule has 5 heteroatoms. The largest absolute Gasteiger partial charge is 0.504 e. The number of esters is 1. The molecule has 0 fully saturated rings. The summed E-state index contributed by atoms with van der Waals surface area (Å²) in [5.41, 5.74) is -0.363. The summed E-state index contributed by atoms with van der Waals surface area (Å²) in [4.78, 5) is 11.4. The van der Waals surface area contributed by atoms with Crippen LogP contribution in [0.3, 0.4) is 0 Å². The fraction of sp³-hybridized carbons (Fsp3) is 0.308. The highest BCUT2D eigenvalue weighted by Crippen LogP contribution is 2.36. The highest BCUT2D eigenvalue weighted by Gasteiger charge is 2.25. The van der Waals surface area contributed by atoms with E-state index in [1.54, 1.807) is 26.0 Å². The predicted octanol–water partition coefficient (Wildman–Crippen LogP) is 2.02. The third-order valence-corrected chi connectivity index (χ3v) is 2.50. The van der Waals surface area contributed by atoms with Crippen LogP contribution in [0.25, 0.3) is 6.08 Å². The summed E-state index contributed by atoms with van der Waals surface area (Å²) in [6.07, 6.45) is 3.14. The van der Waals surface area contributed by atoms with Gasteiger partial charge in [-0.1, -0.05) is 12.2 Å². The zero-order valence-electron chi connectivity index (χ0n) is 10.5. The van der Waals surface area contributed by atoms with E-state index in [9.17, 15) is 20.1 Å². The van der Waals surface area contributed by atoms with Gasteiger partial charge >= 0.3 is 5.97 Å². The van der Waals surface area contributed by atoms with Crippen LogP contribution in [0.1, 0.15) is 19.4 Å². The summed E-state index contributed by atoms with van der Waals surface area (Å²) < 4.78 is 4.64. The molecule has 5 nitrogen and oxygen atoms in total. The number of carbonyl (C=O) groups is 1. The van der Waals surface area contributed by atoms with Crippen LogP contribution in [0.2, 0.25) is 0 Å². The monoisotopic (exact) mass is 252 g/mol. The Balaban J connectivity index is 3.02. The third kappa shape index (κ3) is 2.94. The molecule has 0 aliphatic rings. The van der Waals surface area contributed by atoms with Crippen LogP contribution >= 0.6 is 0 Å². The molecule has 1 rings (SSSR count). The molecular formula is C13H16O5. The molecule has 0 aliphatic carbocycles. The Kier molecular flexibility index (Phi) is 3.86. The third-order valence-electron chi connectivity index (χ3n) is 2.50. The second-order valence-corrected chi connectivity index (χ2v) is 4.45. The summed E-state index contributed by atoms with van der Waals surface area (Å²) >= 11 is 0. The minimum atomic E-state index is -0.822. The van der Waals surface area contributed by atoms with Crippen molar-refractivity contribution in [1.82, 2.24) is 0 Å². The van der Waals surface area contributed by atoms with E-state index in [-0.39, 0.29) is 0 Å². The van der Waals surface area contributed by atoms with E-state index >= 15 is 0 Å². The fourth-order valence-corrected chi connectivity index (χ4v) is 1.36. The Morgan fingerprint density at radius 2 is 1.72 bits per heavy atom. The second kappa shape index (κ2) is 5.00. The van der Waals surface area contributed by atoms with Crippen LogP contribution < -0.4 is 0 Å². The Bertz CT molecular complexity index is 465. The van der Waals surface area contributed by atoms with Gasteiger partial charge in [0.1, 0.15) is 0 Å². The Hall–Kier alpha value is -2.17. The van der Waals surface area contributed by atoms with Crippen molar-refractivity contribution in [2.45, 2.75) is 13.8 Å². The summed E-state index contributed by atoms with van der Waals surface area (Å²) in [5, 5.41) is 27.8. The normalized spacial score (nSPS) is 11.7. The van der Waals surface area contributed by atoms with E-state index in [2.05, 4.69) is 4.74 Å². The summed E-state index contributed by atoms with van der Waals surface area (Å²) in [5.74, 6) is -1.82. The molecular weight excluding hydrogens is 236 g/mol. The first kappa shape index (κ1) is 13.9. The minimum absolute atomic E-state index is 0.397. The summed E-state index contributed by atoms with van der Waals surface area (Å²) in [6.45, 7) is 3.35. The van der Waals surface area contributed by atoms with E-state index < -0.39 is 28.6 Å². The molecule has 0 bridgehead atoms. The lowest BCUT2D eigenvalue weighted by Crippen LogP contribution is -2.22. The van der Waals surface area contributed by atoms with Crippen LogP contribution in [0.15, 0.2) is 18.2 Å². The van der Waals surface area contributed by atoms with Gasteiger partial charge in [-0.3, -0.25) is 4.79 Å². The number of rotatable bonds is 3. The molecule has 0 spiro atoms. The van der Waals surface area contributed by atoms with Gasteiger partial charge in [-0.2, -0.15) is 0 Å². The van der Waals surface area contributed by atoms with Crippen LogP contribution in [-0.4, -0.2) is 28.4 Å². The smallest absolute Gasteiger partial charge is 0.315 e. The van der Waals surface area contributed by atoms with Gasteiger partial charge in [0.15, 0.2) is 17.2 Å². The minimum Gasteiger partial charge on any atom is -0.504 e. The number of carbonyl (C=O) groups excluding carboxylic acids is 1. The van der Waals surface area contributed by atoms with E-state index in [1.165, 1.54) is 19.2 Å². The van der Waals surface area contributed by atoms with Gasteiger partial charge in [-0.15, -0.1) is 0 Å². The number of benzene rings is 1. The zero-order valence-corrected chi connectivity index (χ0v) is 10.5. The maximum atomic E-state index is 11.4. The molecule has 0 aromatic heterocycles. The lowest BCUT2D eigenvalue weighted by molar-refractivity contribution is -0.148. The molecule has 98 valence electrons. The van der Waals surface area contributed by atoms with Crippen LogP contribution in [0.4, 0.5) is 0 Å². The molecule has 1 aromatic carbocycles. The van der Waals surface area contributed by atoms with Crippen molar-refractivity contribution in [3.05, 3.63) is 23.8 Å². The van der Waals surface area contributed by atoms with E-state index in [0.29, 0.717) is 5.56 Å². The number of aromatic hydroxyl groups is 3. The molecule has 0 unspecified atom stereocenters. The van der Waals surface area contributed by atoms with Gasteiger partial charge in [-0.05, 0) is 31.5 Å². The first-order chi connectivity index (χ1) is 8.27. The van der Waals surface area contributed by atoms with Gasteiger partial charge in [0, 0.05) is 0 Å². The van der Waals surface area contributed by atoms with Crippen molar-refractivity contribution in [3.8, 4) is 17.2 Å². The SMILES string of the molecule is COC(=O)C(C)(C)C=Cc1cc(O)c(O)c(O)c1. The molecule has 3 N–H and O–H groups in total. The van der Waals surface area contributed by atoms with Crippen molar-refractivity contribution in [3.63, 3.8) is 0 Å². The number of methoxy groups -OCH3 is 1. The van der Waals surface area contributed by atoms with Gasteiger partial charge < -0.3 is 20.1 Å². The highest BCUT2D eigenvalue weighted by molar-refractivity contribution is 5.79. The van der Waals surface area contributed by atoms with E-state index in [4.69, 9.17) is 0 Å². The lowest BCUT2D eigenvalue weighted by Gasteiger charge is -2.16. The standard InChI is InChI=1S/C13H16O5/c1-13(2,12(17)18-3)5-4-8-6-9(14)11(16)10(15)7-8/h4-7,14-16H,1-3H3. The Morgan fingerprint density at radius 3 is 2.17 bits per heavy atom. The van der Waals surface area contributed by atoms with Crippen LogP contribution in [0.5, 0.6) is 17.2 Å². The van der Waals surface area contributed by atoms with Crippen molar-refractivity contribution >= 4 is 12.0 Å². The molecule has 0 heterocycles. The molecule has 0 radical (unpaired) electrons. The molecule has 0 saturated carbocycles. The zero-order chi connectivity index (χ0) is 13.9. The fourth-order valence-electron chi connectivity index (χ4n) is 1.36. The average molecular weight is 252 g/mol. The molecule has 18 heavy (non-hydrogen) atoms. The van der Waals surface area contributed by atoms with Gasteiger partial charge in [0.2, 0.25) is 0 Å². The molecule has 0 saturated heterocycles. The second-order valence-electron chi connectivity index (χ2n) is 4.45. The van der Waals surface area contributed by atoms with Crippen LogP contribution in [0, 0.1) is 5.41 Å². The Morgan fingerprint density at radius 1 is 1.22 bits per heavy atom. The summed E-state index contributed by atoms with van der Waals surface area (Å²) in [7, 11) is 1.30. The quantitative estimate of drug-likeness (QED) is 0.566. The van der Waals surface area contributed by atoms with Gasteiger partial charge in [-0.25, -0.2) is 0 Å². The van der Waals surface area contributed by atoms with Gasteiger partial charge in [0.05, 0.1) is 12.5 Å². The predicted molar refractivity (Wildman–Crippen MR) is 66.3 cm³/mol. The van der Waals surface area contributed by atoms with Crippen molar-refractivity contribution in [1.29, 1.82) is 0 Å². The highest BCUT2D eigenvalue weighted by atomic mass is 16.5. The summed E-state index contributed by atoms with van der Waals surface area (Å²) in [6, 6.07) is 2.55. The van der Waals surface area contributed by atoms with Gasteiger partial charge in [0.25, 0.3) is 0 Å². The average Bonchev–Trinajstić information content (AvgIpc) is 2.32. The maximum absolute atomic E-state index is 11.4. The Labute approximate surface area is 105 Å². The van der Waals surface area contributed by atoms with Crippen molar-refractivity contribution in [2.75, 3.05) is 7.11 Å². The molecule has 0 aliphatic heterocycles. The molecule has 0 amide bonds. The lowest BCUT2D eigenvalue weighted by atomic mass is 9.92. The number of hydrogen-bond acceptors (Lipinski definition) is 5. The number of ether oxygens (including phenoxy) is 1. The topological polar surface area (TPSA) is 87.0 Å². The first-order valence-electron chi connectivity index (χ1n) is 5.30. The number of phenolic OH excluding ortho intramolecular Hbond substituents is 3. The van der Waals surface area contributed by atoms with Crippen LogP contribution in [-0.2, 0) is 9.53 Å². The first-order valence-corrected chi connectivity index (χ1v) is 5.30. The van der Waals surface area contributed by atoms with E-state index in [1.807, 2.05) is 0 Å². The molecule has 1 aromatic rings. The van der Waals surface area contributed by atoms with E-state index in [0.717, 1.165) is 0 Å². The number of hydrogen-bond donors (Lipinski definition) is 3. The van der Waals surface area contributed by atoms with Crippen molar-refractivity contribution < 1.29 is 24.9 Å². The maximum Gasteiger partial charge on any atom is 0.315 e. The number of phenols is 3. The molecule has 0 atom stereocenters.